The van der Waals surface area contributed by atoms with E-state index < -0.39 is 0 Å². The second-order valence-corrected chi connectivity index (χ2v) is 6.41. The maximum absolute atomic E-state index is 3.71. The molecule has 0 bridgehead atoms. The fourth-order valence-corrected chi connectivity index (χ4v) is 3.63. The van der Waals surface area contributed by atoms with Crippen LogP contribution < -0.4 is 5.32 Å². The van der Waals surface area contributed by atoms with Crippen molar-refractivity contribution in [1.82, 2.24) is 10.2 Å². The molecule has 2 nitrogen and oxygen atoms in total. The average Bonchev–Trinajstić information content (AvgIpc) is 2.47. The summed E-state index contributed by atoms with van der Waals surface area (Å²) in [5.74, 6) is 2.69. The van der Waals surface area contributed by atoms with E-state index in [9.17, 15) is 0 Å². The maximum Gasteiger partial charge on any atom is 0.0280 e. The summed E-state index contributed by atoms with van der Waals surface area (Å²) in [6, 6.07) is 0. The van der Waals surface area contributed by atoms with Gasteiger partial charge in [0.1, 0.15) is 0 Å². The number of hydrogen-bond acceptors (Lipinski definition) is 3. The Kier molecular flexibility index (Phi) is 4.35. The highest BCUT2D eigenvalue weighted by Gasteiger charge is 2.28. The number of piperidine rings is 1. The molecule has 1 unspecified atom stereocenters. The van der Waals surface area contributed by atoms with Crippen LogP contribution in [0.1, 0.15) is 32.6 Å². The molecule has 0 spiro atoms. The van der Waals surface area contributed by atoms with Gasteiger partial charge in [-0.2, -0.15) is 11.8 Å². The number of nitrogens with one attached hydrogen (secondary N) is 1. The molecule has 2 rings (SSSR count). The molecule has 2 aliphatic heterocycles. The summed E-state index contributed by atoms with van der Waals surface area (Å²) < 4.78 is 0. The van der Waals surface area contributed by atoms with Crippen molar-refractivity contribution in [1.29, 1.82) is 0 Å². The van der Waals surface area contributed by atoms with Crippen LogP contribution in [0.5, 0.6) is 0 Å². The smallest absolute Gasteiger partial charge is 0.0280 e. The number of thioether (sulfide) groups is 1. The van der Waals surface area contributed by atoms with Crippen LogP contribution in [0.4, 0.5) is 0 Å². The Hall–Kier alpha value is 0.270. The summed E-state index contributed by atoms with van der Waals surface area (Å²) in [4.78, 5) is 2.66. The SMILES string of the molecule is CC1(CN2CCCSCC2)CCCCN1. The van der Waals surface area contributed by atoms with Crippen molar-refractivity contribution in [3.8, 4) is 0 Å². The van der Waals surface area contributed by atoms with E-state index in [-0.39, 0.29) is 0 Å². The Morgan fingerprint density at radius 1 is 1.20 bits per heavy atom. The monoisotopic (exact) mass is 228 g/mol. The largest absolute Gasteiger partial charge is 0.310 e. The summed E-state index contributed by atoms with van der Waals surface area (Å²) in [5, 5.41) is 3.71. The summed E-state index contributed by atoms with van der Waals surface area (Å²) in [5.41, 5.74) is 0.396. The molecular weight excluding hydrogens is 204 g/mol. The maximum atomic E-state index is 3.71. The van der Waals surface area contributed by atoms with Crippen LogP contribution in [0, 0.1) is 0 Å². The molecule has 0 saturated carbocycles. The van der Waals surface area contributed by atoms with Crippen molar-refractivity contribution < 1.29 is 0 Å². The first-order chi connectivity index (χ1) is 7.29. The van der Waals surface area contributed by atoms with Crippen molar-refractivity contribution >= 4 is 11.8 Å². The molecule has 2 heterocycles. The Morgan fingerprint density at radius 3 is 2.93 bits per heavy atom. The Balaban J connectivity index is 1.82. The van der Waals surface area contributed by atoms with Gasteiger partial charge in [0.25, 0.3) is 0 Å². The van der Waals surface area contributed by atoms with Crippen LogP contribution in [0.15, 0.2) is 0 Å². The van der Waals surface area contributed by atoms with Gasteiger partial charge in [-0.05, 0) is 45.0 Å². The molecule has 2 saturated heterocycles. The van der Waals surface area contributed by atoms with Crippen molar-refractivity contribution in [3.05, 3.63) is 0 Å². The van der Waals surface area contributed by atoms with E-state index in [4.69, 9.17) is 0 Å². The third-order valence-electron chi connectivity index (χ3n) is 3.59. The number of hydrogen-bond donors (Lipinski definition) is 1. The van der Waals surface area contributed by atoms with Crippen molar-refractivity contribution in [2.75, 3.05) is 37.7 Å². The van der Waals surface area contributed by atoms with Crippen LogP contribution in [-0.4, -0.2) is 48.1 Å². The summed E-state index contributed by atoms with van der Waals surface area (Å²) in [6.45, 7) is 7.49. The van der Waals surface area contributed by atoms with Crippen LogP contribution in [0.25, 0.3) is 0 Å². The Bertz CT molecular complexity index is 182. The van der Waals surface area contributed by atoms with Gasteiger partial charge < -0.3 is 10.2 Å². The molecular formula is C12H24N2S. The van der Waals surface area contributed by atoms with E-state index >= 15 is 0 Å². The van der Waals surface area contributed by atoms with E-state index in [1.54, 1.807) is 0 Å². The van der Waals surface area contributed by atoms with E-state index in [0.29, 0.717) is 5.54 Å². The number of nitrogens with zero attached hydrogens (tertiary/aromatic N) is 1. The van der Waals surface area contributed by atoms with Gasteiger partial charge in [-0.3, -0.25) is 0 Å². The fourth-order valence-electron chi connectivity index (χ4n) is 2.70. The molecule has 1 N–H and O–H groups in total. The van der Waals surface area contributed by atoms with Crippen molar-refractivity contribution in [2.24, 2.45) is 0 Å². The Labute approximate surface area is 98.2 Å². The van der Waals surface area contributed by atoms with E-state index in [1.165, 1.54) is 63.4 Å². The molecule has 0 aliphatic carbocycles. The minimum absolute atomic E-state index is 0.396. The summed E-state index contributed by atoms with van der Waals surface area (Å²) >= 11 is 2.12. The fraction of sp³-hybridized carbons (Fsp3) is 1.00. The standard InChI is InChI=1S/C12H24N2S/c1-12(5-2-3-6-13-12)11-14-7-4-9-15-10-8-14/h13H,2-11H2,1H3. The zero-order valence-corrected chi connectivity index (χ0v) is 10.7. The molecule has 2 aliphatic rings. The molecule has 88 valence electrons. The van der Waals surface area contributed by atoms with Crippen molar-refractivity contribution in [3.63, 3.8) is 0 Å². The third-order valence-corrected chi connectivity index (χ3v) is 4.64. The second kappa shape index (κ2) is 5.55. The first kappa shape index (κ1) is 11.7. The van der Waals surface area contributed by atoms with E-state index in [1.807, 2.05) is 0 Å². The predicted octanol–water partition coefficient (Wildman–Crippen LogP) is 1.96. The topological polar surface area (TPSA) is 15.3 Å². The number of rotatable bonds is 2. The molecule has 3 heteroatoms. The van der Waals surface area contributed by atoms with E-state index in [0.717, 1.165) is 0 Å². The lowest BCUT2D eigenvalue weighted by atomic mass is 9.90. The average molecular weight is 228 g/mol. The molecule has 0 amide bonds. The molecule has 2 fully saturated rings. The molecule has 0 aromatic heterocycles. The lowest BCUT2D eigenvalue weighted by Gasteiger charge is -2.39. The highest BCUT2D eigenvalue weighted by Crippen LogP contribution is 2.21. The second-order valence-electron chi connectivity index (χ2n) is 5.19. The van der Waals surface area contributed by atoms with Crippen LogP contribution in [-0.2, 0) is 0 Å². The minimum Gasteiger partial charge on any atom is -0.310 e. The lowest BCUT2D eigenvalue weighted by Crippen LogP contribution is -2.54. The van der Waals surface area contributed by atoms with Gasteiger partial charge in [-0.25, -0.2) is 0 Å². The predicted molar refractivity (Wildman–Crippen MR) is 68.6 cm³/mol. The van der Waals surface area contributed by atoms with Gasteiger partial charge in [0.15, 0.2) is 0 Å². The van der Waals surface area contributed by atoms with E-state index in [2.05, 4.69) is 28.9 Å². The first-order valence-electron chi connectivity index (χ1n) is 6.34. The zero-order valence-electron chi connectivity index (χ0n) is 9.93. The highest BCUT2D eigenvalue weighted by molar-refractivity contribution is 7.99. The van der Waals surface area contributed by atoms with Gasteiger partial charge in [-0.15, -0.1) is 0 Å². The van der Waals surface area contributed by atoms with Gasteiger partial charge in [0.2, 0.25) is 0 Å². The zero-order chi connectivity index (χ0) is 10.6. The van der Waals surface area contributed by atoms with Gasteiger partial charge in [-0.1, -0.05) is 6.42 Å². The lowest BCUT2D eigenvalue weighted by molar-refractivity contribution is 0.171. The normalized spacial score (nSPS) is 35.0. The van der Waals surface area contributed by atoms with Crippen LogP contribution in [0.3, 0.4) is 0 Å². The van der Waals surface area contributed by atoms with Gasteiger partial charge in [0, 0.05) is 24.4 Å². The highest BCUT2D eigenvalue weighted by atomic mass is 32.2. The Morgan fingerprint density at radius 2 is 2.13 bits per heavy atom. The molecule has 0 radical (unpaired) electrons. The minimum atomic E-state index is 0.396. The first-order valence-corrected chi connectivity index (χ1v) is 7.49. The quantitative estimate of drug-likeness (QED) is 0.778. The van der Waals surface area contributed by atoms with Gasteiger partial charge >= 0.3 is 0 Å². The third kappa shape index (κ3) is 3.65. The van der Waals surface area contributed by atoms with Gasteiger partial charge in [0.05, 0.1) is 0 Å². The molecule has 1 atom stereocenters. The molecule has 0 aromatic rings. The van der Waals surface area contributed by atoms with Crippen LogP contribution in [0.2, 0.25) is 0 Å². The van der Waals surface area contributed by atoms with Crippen LogP contribution >= 0.6 is 11.8 Å². The van der Waals surface area contributed by atoms with Crippen molar-refractivity contribution in [2.45, 2.75) is 38.1 Å². The summed E-state index contributed by atoms with van der Waals surface area (Å²) in [7, 11) is 0. The molecule has 0 aromatic carbocycles. The molecule has 15 heavy (non-hydrogen) atoms. The summed E-state index contributed by atoms with van der Waals surface area (Å²) in [6.07, 6.45) is 5.51.